The Hall–Kier alpha value is -1.12. The van der Waals surface area contributed by atoms with Crippen LogP contribution < -0.4 is 10.6 Å². The molecule has 0 aromatic carbocycles. The summed E-state index contributed by atoms with van der Waals surface area (Å²) in [6, 6.07) is 1.85. The van der Waals surface area contributed by atoms with Gasteiger partial charge in [-0.25, -0.2) is 0 Å². The summed E-state index contributed by atoms with van der Waals surface area (Å²) >= 11 is 0. The largest absolute Gasteiger partial charge is 0.342 e. The first-order chi connectivity index (χ1) is 6.66. The maximum absolute atomic E-state index is 11.0. The van der Waals surface area contributed by atoms with E-state index in [4.69, 9.17) is 5.26 Å². The molecule has 14 heavy (non-hydrogen) atoms. The van der Waals surface area contributed by atoms with Gasteiger partial charge in [0.05, 0.1) is 12.6 Å². The highest BCUT2D eigenvalue weighted by atomic mass is 16.1. The van der Waals surface area contributed by atoms with Crippen LogP contribution in [0.25, 0.3) is 0 Å². The van der Waals surface area contributed by atoms with Crippen LogP contribution >= 0.6 is 0 Å². The van der Waals surface area contributed by atoms with Crippen molar-refractivity contribution >= 4 is 5.91 Å². The summed E-state index contributed by atoms with van der Waals surface area (Å²) in [6.07, 6.45) is 1.01. The monoisotopic (exact) mass is 198 g/mol. The number of hydrogen-bond donors (Lipinski definition) is 2. The van der Waals surface area contributed by atoms with Crippen molar-refractivity contribution in [1.82, 2.24) is 15.5 Å². The van der Waals surface area contributed by atoms with Gasteiger partial charge in [0.2, 0.25) is 5.91 Å². The number of nitrogens with one attached hydrogen (secondary N) is 2. The van der Waals surface area contributed by atoms with Gasteiger partial charge in [-0.3, -0.25) is 4.79 Å². The van der Waals surface area contributed by atoms with E-state index >= 15 is 0 Å². The van der Waals surface area contributed by atoms with E-state index in [1.165, 1.54) is 0 Å². The molecule has 0 aliphatic rings. The van der Waals surface area contributed by atoms with Gasteiger partial charge in [0, 0.05) is 0 Å². The summed E-state index contributed by atoms with van der Waals surface area (Å²) < 4.78 is 0. The van der Waals surface area contributed by atoms with Crippen LogP contribution in [0.3, 0.4) is 0 Å². The molecule has 0 unspecified atom stereocenters. The second kappa shape index (κ2) is 8.48. The molecule has 5 heteroatoms. The van der Waals surface area contributed by atoms with E-state index in [9.17, 15) is 4.79 Å². The third-order valence-electron chi connectivity index (χ3n) is 1.61. The highest BCUT2D eigenvalue weighted by molar-refractivity contribution is 5.78. The lowest BCUT2D eigenvalue weighted by Crippen LogP contribution is -2.35. The van der Waals surface area contributed by atoms with Gasteiger partial charge in [0.25, 0.3) is 0 Å². The predicted molar refractivity (Wildman–Crippen MR) is 54.7 cm³/mol. The summed E-state index contributed by atoms with van der Waals surface area (Å²) in [5.74, 6) is -0.128. The second-order valence-corrected chi connectivity index (χ2v) is 3.27. The van der Waals surface area contributed by atoms with E-state index in [0.29, 0.717) is 0 Å². The van der Waals surface area contributed by atoms with Gasteiger partial charge >= 0.3 is 0 Å². The van der Waals surface area contributed by atoms with Crippen LogP contribution in [0.1, 0.15) is 6.42 Å². The molecule has 0 aromatic heterocycles. The normalized spacial score (nSPS) is 9.86. The fourth-order valence-electron chi connectivity index (χ4n) is 0.923. The van der Waals surface area contributed by atoms with Crippen molar-refractivity contribution in [3.8, 4) is 6.07 Å². The van der Waals surface area contributed by atoms with Crippen LogP contribution in [-0.2, 0) is 4.79 Å². The lowest BCUT2D eigenvalue weighted by molar-refractivity contribution is -0.120. The molecular formula is C9H18N4O. The van der Waals surface area contributed by atoms with Crippen molar-refractivity contribution in [3.63, 3.8) is 0 Å². The van der Waals surface area contributed by atoms with Gasteiger partial charge in [-0.15, -0.1) is 0 Å². The smallest absolute Gasteiger partial charge is 0.234 e. The number of nitriles is 1. The predicted octanol–water partition coefficient (Wildman–Crippen LogP) is -0.833. The van der Waals surface area contributed by atoms with Gasteiger partial charge in [-0.1, -0.05) is 0 Å². The van der Waals surface area contributed by atoms with Crippen molar-refractivity contribution in [2.24, 2.45) is 0 Å². The average molecular weight is 198 g/mol. The zero-order valence-corrected chi connectivity index (χ0v) is 8.84. The molecule has 1 amide bonds. The first kappa shape index (κ1) is 12.9. The van der Waals surface area contributed by atoms with Crippen molar-refractivity contribution < 1.29 is 4.79 Å². The highest BCUT2D eigenvalue weighted by Gasteiger charge is 1.98. The van der Waals surface area contributed by atoms with E-state index in [-0.39, 0.29) is 19.0 Å². The lowest BCUT2D eigenvalue weighted by atomic mass is 10.4. The third kappa shape index (κ3) is 8.97. The molecule has 0 aliphatic carbocycles. The minimum atomic E-state index is -0.128. The Bertz CT molecular complexity index is 197. The summed E-state index contributed by atoms with van der Waals surface area (Å²) in [5.41, 5.74) is 0. The molecule has 0 saturated heterocycles. The number of amides is 1. The summed E-state index contributed by atoms with van der Waals surface area (Å²) in [4.78, 5) is 13.1. The van der Waals surface area contributed by atoms with Gasteiger partial charge in [0.15, 0.2) is 0 Å². The Morgan fingerprint density at radius 2 is 2.21 bits per heavy atom. The first-order valence-electron chi connectivity index (χ1n) is 4.66. The van der Waals surface area contributed by atoms with Gasteiger partial charge in [-0.2, -0.15) is 5.26 Å². The quantitative estimate of drug-likeness (QED) is 0.414. The zero-order chi connectivity index (χ0) is 10.8. The van der Waals surface area contributed by atoms with Crippen molar-refractivity contribution in [2.75, 3.05) is 40.3 Å². The number of carbonyl (C=O) groups is 1. The highest BCUT2D eigenvalue weighted by Crippen LogP contribution is 1.79. The molecule has 0 aliphatic heterocycles. The number of carbonyl (C=O) groups excluding carboxylic acids is 1. The molecule has 0 atom stereocenters. The number of nitrogens with zero attached hydrogens (tertiary/aromatic N) is 2. The molecule has 0 bridgehead atoms. The van der Waals surface area contributed by atoms with Gasteiger partial charge in [0.1, 0.15) is 6.54 Å². The molecule has 0 rings (SSSR count). The first-order valence-corrected chi connectivity index (χ1v) is 4.66. The Kier molecular flexibility index (Phi) is 7.80. The fourth-order valence-corrected chi connectivity index (χ4v) is 0.923. The van der Waals surface area contributed by atoms with E-state index < -0.39 is 0 Å². The molecule has 2 N–H and O–H groups in total. The lowest BCUT2D eigenvalue weighted by Gasteiger charge is -2.09. The second-order valence-electron chi connectivity index (χ2n) is 3.27. The molecular weight excluding hydrogens is 180 g/mol. The van der Waals surface area contributed by atoms with Crippen molar-refractivity contribution in [2.45, 2.75) is 6.42 Å². The summed E-state index contributed by atoms with van der Waals surface area (Å²) in [6.45, 7) is 2.19. The van der Waals surface area contributed by atoms with Crippen LogP contribution in [0.4, 0.5) is 0 Å². The molecule has 0 saturated carbocycles. The molecule has 0 spiro atoms. The van der Waals surface area contributed by atoms with Crippen LogP contribution in [0, 0.1) is 11.3 Å². The van der Waals surface area contributed by atoms with E-state index in [0.717, 1.165) is 19.5 Å². The van der Waals surface area contributed by atoms with E-state index in [1.807, 2.05) is 20.2 Å². The van der Waals surface area contributed by atoms with Crippen LogP contribution in [0.5, 0.6) is 0 Å². The molecule has 0 radical (unpaired) electrons. The SMILES string of the molecule is CN(C)CCCNCC(=O)NCC#N. The molecule has 0 heterocycles. The molecule has 0 aromatic rings. The van der Waals surface area contributed by atoms with Gasteiger partial charge in [-0.05, 0) is 33.6 Å². The Morgan fingerprint density at radius 3 is 2.79 bits per heavy atom. The van der Waals surface area contributed by atoms with E-state index in [1.54, 1.807) is 0 Å². The Balaban J connectivity index is 3.20. The summed E-state index contributed by atoms with van der Waals surface area (Å²) in [5, 5.41) is 13.7. The van der Waals surface area contributed by atoms with Gasteiger partial charge < -0.3 is 15.5 Å². The molecule has 0 fully saturated rings. The topological polar surface area (TPSA) is 68.2 Å². The average Bonchev–Trinajstić information content (AvgIpc) is 2.13. The third-order valence-corrected chi connectivity index (χ3v) is 1.61. The van der Waals surface area contributed by atoms with Crippen molar-refractivity contribution in [3.05, 3.63) is 0 Å². The van der Waals surface area contributed by atoms with Crippen LogP contribution in [0.2, 0.25) is 0 Å². The maximum atomic E-state index is 11.0. The number of rotatable bonds is 7. The van der Waals surface area contributed by atoms with Crippen LogP contribution in [-0.4, -0.2) is 51.1 Å². The minimum absolute atomic E-state index is 0.0816. The standard InChI is InChI=1S/C9H18N4O/c1-13(2)7-3-5-11-8-9(14)12-6-4-10/h11H,3,5-8H2,1-2H3,(H,12,14). The van der Waals surface area contributed by atoms with Crippen molar-refractivity contribution in [1.29, 1.82) is 5.26 Å². The Labute approximate surface area is 85.1 Å². The van der Waals surface area contributed by atoms with Crippen LogP contribution in [0.15, 0.2) is 0 Å². The Morgan fingerprint density at radius 1 is 1.50 bits per heavy atom. The van der Waals surface area contributed by atoms with E-state index in [2.05, 4.69) is 15.5 Å². The number of hydrogen-bond acceptors (Lipinski definition) is 4. The minimum Gasteiger partial charge on any atom is -0.342 e. The summed E-state index contributed by atoms with van der Waals surface area (Å²) in [7, 11) is 4.03. The molecule has 5 nitrogen and oxygen atoms in total. The zero-order valence-electron chi connectivity index (χ0n) is 8.84. The molecule has 80 valence electrons. The fraction of sp³-hybridized carbons (Fsp3) is 0.778. The maximum Gasteiger partial charge on any atom is 0.234 e.